The molecule has 1 aromatic carbocycles. The van der Waals surface area contributed by atoms with E-state index < -0.39 is 16.2 Å². The third-order valence-electron chi connectivity index (χ3n) is 3.72. The van der Waals surface area contributed by atoms with Gasteiger partial charge in [-0.1, -0.05) is 0 Å². The van der Waals surface area contributed by atoms with Gasteiger partial charge in [-0.2, -0.15) is 8.42 Å². The lowest BCUT2D eigenvalue weighted by molar-refractivity contribution is 0.236. The molecule has 0 N–H and O–H groups in total. The fraction of sp³-hybridized carbons (Fsp3) is 0.222. The van der Waals surface area contributed by atoms with Crippen molar-refractivity contribution in [3.63, 3.8) is 0 Å². The number of aromatic nitrogens is 1. The lowest BCUT2D eigenvalue weighted by Crippen LogP contribution is -2.10. The molecule has 2 aromatic heterocycles. The molecule has 0 saturated carbocycles. The van der Waals surface area contributed by atoms with E-state index in [2.05, 4.69) is 4.98 Å². The summed E-state index contributed by atoms with van der Waals surface area (Å²) in [6, 6.07) is 8.36. The summed E-state index contributed by atoms with van der Waals surface area (Å²) in [5.41, 5.74) is 2.15. The second-order valence-corrected chi connectivity index (χ2v) is 7.48. The minimum absolute atomic E-state index is 0.204. The van der Waals surface area contributed by atoms with Crippen molar-refractivity contribution < 1.29 is 17.0 Å². The molecule has 25 heavy (non-hydrogen) atoms. The first-order valence-electron chi connectivity index (χ1n) is 7.61. The standard InChI is InChI=1S/C18H17NO5S/c1-11-8-14(12(2)24-25(3,21)22)18-15(9-11)16(20)10-17(23-18)13-4-6-19-7-5-13/h4-10,12H,1-3H3. The molecule has 3 rings (SSSR count). The number of benzene rings is 1. The van der Waals surface area contributed by atoms with Crippen molar-refractivity contribution in [3.8, 4) is 11.3 Å². The number of nitrogens with zero attached hydrogens (tertiary/aromatic N) is 1. The van der Waals surface area contributed by atoms with Gasteiger partial charge < -0.3 is 4.42 Å². The van der Waals surface area contributed by atoms with E-state index in [9.17, 15) is 13.2 Å². The summed E-state index contributed by atoms with van der Waals surface area (Å²) >= 11 is 0. The van der Waals surface area contributed by atoms with Crippen LogP contribution >= 0.6 is 0 Å². The molecule has 7 heteroatoms. The fourth-order valence-electron chi connectivity index (χ4n) is 2.71. The highest BCUT2D eigenvalue weighted by Crippen LogP contribution is 2.30. The molecule has 0 radical (unpaired) electrons. The van der Waals surface area contributed by atoms with Gasteiger partial charge in [-0.3, -0.25) is 14.0 Å². The summed E-state index contributed by atoms with van der Waals surface area (Å²) in [7, 11) is -3.65. The Labute approximate surface area is 145 Å². The predicted octanol–water partition coefficient (Wildman–Crippen LogP) is 3.20. The smallest absolute Gasteiger partial charge is 0.264 e. The normalized spacial score (nSPS) is 13.1. The molecular weight excluding hydrogens is 342 g/mol. The Morgan fingerprint density at radius 2 is 1.84 bits per heavy atom. The Morgan fingerprint density at radius 1 is 1.16 bits per heavy atom. The Balaban J connectivity index is 2.26. The topological polar surface area (TPSA) is 86.5 Å². The van der Waals surface area contributed by atoms with Crippen LogP contribution in [0.2, 0.25) is 0 Å². The van der Waals surface area contributed by atoms with Gasteiger partial charge in [-0.15, -0.1) is 0 Å². The van der Waals surface area contributed by atoms with E-state index in [0.717, 1.165) is 11.8 Å². The van der Waals surface area contributed by atoms with Crippen LogP contribution in [0, 0.1) is 6.92 Å². The highest BCUT2D eigenvalue weighted by molar-refractivity contribution is 7.86. The third-order valence-corrected chi connectivity index (χ3v) is 4.36. The molecule has 0 aliphatic rings. The van der Waals surface area contributed by atoms with Gasteiger partial charge in [0.05, 0.1) is 11.6 Å². The fourth-order valence-corrected chi connectivity index (χ4v) is 3.34. The number of aryl methyl sites for hydroxylation is 1. The number of rotatable bonds is 4. The third kappa shape index (κ3) is 3.78. The van der Waals surface area contributed by atoms with E-state index in [4.69, 9.17) is 8.60 Å². The maximum atomic E-state index is 12.6. The van der Waals surface area contributed by atoms with Crippen LogP contribution in [0.15, 0.2) is 51.9 Å². The lowest BCUT2D eigenvalue weighted by atomic mass is 10.0. The van der Waals surface area contributed by atoms with E-state index >= 15 is 0 Å². The summed E-state index contributed by atoms with van der Waals surface area (Å²) in [4.78, 5) is 16.5. The van der Waals surface area contributed by atoms with Crippen molar-refractivity contribution in [2.24, 2.45) is 0 Å². The Bertz CT molecular complexity index is 1090. The zero-order chi connectivity index (χ0) is 18.2. The van der Waals surface area contributed by atoms with Gasteiger partial charge in [0, 0.05) is 29.6 Å². The molecule has 0 amide bonds. The van der Waals surface area contributed by atoms with Gasteiger partial charge in [0.15, 0.2) is 5.43 Å². The van der Waals surface area contributed by atoms with Crippen LogP contribution in [0.1, 0.15) is 24.2 Å². The molecule has 1 atom stereocenters. The highest BCUT2D eigenvalue weighted by Gasteiger charge is 2.19. The maximum absolute atomic E-state index is 12.6. The first-order valence-corrected chi connectivity index (χ1v) is 9.43. The van der Waals surface area contributed by atoms with Crippen LogP contribution in [-0.2, 0) is 14.3 Å². The molecule has 0 saturated heterocycles. The largest absolute Gasteiger partial charge is 0.455 e. The molecule has 0 aliphatic carbocycles. The van der Waals surface area contributed by atoms with E-state index in [1.165, 1.54) is 6.07 Å². The van der Waals surface area contributed by atoms with Gasteiger partial charge >= 0.3 is 0 Å². The second kappa shape index (κ2) is 6.42. The SMILES string of the molecule is Cc1cc(C(C)OS(C)(=O)=O)c2oc(-c3ccncc3)cc(=O)c2c1. The Morgan fingerprint density at radius 3 is 2.48 bits per heavy atom. The molecule has 1 unspecified atom stereocenters. The minimum Gasteiger partial charge on any atom is -0.455 e. The van der Waals surface area contributed by atoms with E-state index in [-0.39, 0.29) is 5.43 Å². The average molecular weight is 359 g/mol. The minimum atomic E-state index is -3.65. The first kappa shape index (κ1) is 17.3. The molecule has 0 spiro atoms. The summed E-state index contributed by atoms with van der Waals surface area (Å²) in [6.45, 7) is 3.43. The molecule has 2 heterocycles. The van der Waals surface area contributed by atoms with Crippen LogP contribution in [0.4, 0.5) is 0 Å². The highest BCUT2D eigenvalue weighted by atomic mass is 32.2. The van der Waals surface area contributed by atoms with E-state index in [1.807, 2.05) is 6.92 Å². The number of hydrogen-bond donors (Lipinski definition) is 0. The van der Waals surface area contributed by atoms with Gasteiger partial charge in [0.2, 0.25) is 0 Å². The summed E-state index contributed by atoms with van der Waals surface area (Å²) < 4.78 is 34.0. The first-order chi connectivity index (χ1) is 11.7. The van der Waals surface area contributed by atoms with Gasteiger partial charge in [0.25, 0.3) is 10.1 Å². The van der Waals surface area contributed by atoms with Gasteiger partial charge in [-0.05, 0) is 43.7 Å². The lowest BCUT2D eigenvalue weighted by Gasteiger charge is -2.15. The van der Waals surface area contributed by atoms with Crippen LogP contribution in [0.3, 0.4) is 0 Å². The van der Waals surface area contributed by atoms with Crippen molar-refractivity contribution in [2.75, 3.05) is 6.26 Å². The molecule has 130 valence electrons. The van der Waals surface area contributed by atoms with Crippen molar-refractivity contribution in [1.82, 2.24) is 4.98 Å². The summed E-state index contributed by atoms with van der Waals surface area (Å²) in [5, 5.41) is 0.386. The van der Waals surface area contributed by atoms with Crippen molar-refractivity contribution in [1.29, 1.82) is 0 Å². The Hall–Kier alpha value is -2.51. The maximum Gasteiger partial charge on any atom is 0.264 e. The average Bonchev–Trinajstić information content (AvgIpc) is 2.54. The van der Waals surface area contributed by atoms with Crippen LogP contribution < -0.4 is 5.43 Å². The van der Waals surface area contributed by atoms with E-state index in [0.29, 0.717) is 27.9 Å². The molecule has 0 fully saturated rings. The molecule has 6 nitrogen and oxygen atoms in total. The second-order valence-electron chi connectivity index (χ2n) is 5.88. The number of hydrogen-bond acceptors (Lipinski definition) is 6. The van der Waals surface area contributed by atoms with Gasteiger partial charge in [0.1, 0.15) is 17.4 Å². The summed E-state index contributed by atoms with van der Waals surface area (Å²) in [6.07, 6.45) is 3.41. The van der Waals surface area contributed by atoms with Gasteiger partial charge in [-0.25, -0.2) is 0 Å². The Kier molecular flexibility index (Phi) is 4.45. The number of pyridine rings is 1. The summed E-state index contributed by atoms with van der Waals surface area (Å²) in [5.74, 6) is 0.386. The van der Waals surface area contributed by atoms with Crippen LogP contribution in [0.5, 0.6) is 0 Å². The van der Waals surface area contributed by atoms with E-state index in [1.54, 1.807) is 43.6 Å². The number of fused-ring (bicyclic) bond motifs is 1. The van der Waals surface area contributed by atoms with Crippen molar-refractivity contribution in [2.45, 2.75) is 20.0 Å². The zero-order valence-corrected chi connectivity index (χ0v) is 14.8. The monoisotopic (exact) mass is 359 g/mol. The van der Waals surface area contributed by atoms with Crippen molar-refractivity contribution >= 4 is 21.1 Å². The molecular formula is C18H17NO5S. The van der Waals surface area contributed by atoms with Crippen LogP contribution in [0.25, 0.3) is 22.3 Å². The predicted molar refractivity (Wildman–Crippen MR) is 94.8 cm³/mol. The zero-order valence-electron chi connectivity index (χ0n) is 14.0. The van der Waals surface area contributed by atoms with Crippen molar-refractivity contribution in [3.05, 3.63) is 64.1 Å². The van der Waals surface area contributed by atoms with Crippen LogP contribution in [-0.4, -0.2) is 19.7 Å². The molecule has 3 aromatic rings. The molecule has 0 aliphatic heterocycles. The quantitative estimate of drug-likeness (QED) is 0.665. The molecule has 0 bridgehead atoms.